The van der Waals surface area contributed by atoms with Crippen LogP contribution in [0.1, 0.15) is 18.4 Å². The van der Waals surface area contributed by atoms with Crippen LogP contribution in [0.5, 0.6) is 0 Å². The van der Waals surface area contributed by atoms with Gasteiger partial charge < -0.3 is 10.7 Å². The van der Waals surface area contributed by atoms with Crippen LogP contribution in [0.15, 0.2) is 48.7 Å². The van der Waals surface area contributed by atoms with Crippen molar-refractivity contribution in [3.05, 3.63) is 65.9 Å². The predicted octanol–water partition coefficient (Wildman–Crippen LogP) is 4.94. The van der Waals surface area contributed by atoms with E-state index in [1.807, 2.05) is 30.3 Å². The second kappa shape index (κ2) is 6.84. The molecule has 0 aliphatic rings. The molecule has 26 heavy (non-hydrogen) atoms. The lowest BCUT2D eigenvalue weighted by Crippen LogP contribution is -1.99. The molecule has 132 valence electrons. The highest BCUT2D eigenvalue weighted by molar-refractivity contribution is 5.99. The number of nitrogens with one attached hydrogen (secondary N) is 1. The van der Waals surface area contributed by atoms with Gasteiger partial charge in [-0.3, -0.25) is 4.98 Å². The van der Waals surface area contributed by atoms with E-state index in [9.17, 15) is 8.78 Å². The lowest BCUT2D eigenvalue weighted by atomic mass is 9.97. The zero-order valence-corrected chi connectivity index (χ0v) is 14.2. The molecule has 0 radical (unpaired) electrons. The maximum atomic E-state index is 14.4. The van der Waals surface area contributed by atoms with E-state index in [4.69, 9.17) is 5.73 Å². The van der Waals surface area contributed by atoms with E-state index in [1.54, 1.807) is 6.20 Å². The van der Waals surface area contributed by atoms with E-state index < -0.39 is 11.6 Å². The minimum atomic E-state index is -0.579. The molecule has 4 rings (SSSR count). The average molecular weight is 351 g/mol. The summed E-state index contributed by atoms with van der Waals surface area (Å²) in [7, 11) is 0. The normalized spacial score (nSPS) is 11.5. The first kappa shape index (κ1) is 16.7. The van der Waals surface area contributed by atoms with Crippen molar-refractivity contribution >= 4 is 21.8 Å². The maximum absolute atomic E-state index is 14.4. The number of benzene rings is 2. The number of pyridine rings is 1. The van der Waals surface area contributed by atoms with Crippen LogP contribution < -0.4 is 5.73 Å². The maximum Gasteiger partial charge on any atom is 0.150 e. The smallest absolute Gasteiger partial charge is 0.150 e. The van der Waals surface area contributed by atoms with Crippen molar-refractivity contribution in [2.75, 3.05) is 6.54 Å². The van der Waals surface area contributed by atoms with Gasteiger partial charge in [0.05, 0.1) is 16.7 Å². The molecule has 2 aromatic heterocycles. The van der Waals surface area contributed by atoms with Gasteiger partial charge in [0.25, 0.3) is 0 Å². The molecule has 2 heterocycles. The Morgan fingerprint density at radius 2 is 1.88 bits per heavy atom. The zero-order chi connectivity index (χ0) is 18.1. The molecule has 0 saturated heterocycles. The SMILES string of the molecule is NCCCCc1c(-c2cccc3ncccc23)[nH]c2c(F)cc(F)cc12. The Kier molecular flexibility index (Phi) is 4.39. The van der Waals surface area contributed by atoms with Crippen LogP contribution in [0.2, 0.25) is 0 Å². The number of halogens is 2. The van der Waals surface area contributed by atoms with Crippen LogP contribution in [0.25, 0.3) is 33.1 Å². The number of H-pyrrole nitrogens is 1. The molecule has 0 aliphatic carbocycles. The molecule has 0 saturated carbocycles. The zero-order valence-electron chi connectivity index (χ0n) is 14.2. The first-order chi connectivity index (χ1) is 12.7. The van der Waals surface area contributed by atoms with Crippen LogP contribution in [0.4, 0.5) is 8.78 Å². The number of nitrogens with zero attached hydrogens (tertiary/aromatic N) is 1. The summed E-state index contributed by atoms with van der Waals surface area (Å²) >= 11 is 0. The molecule has 0 unspecified atom stereocenters. The van der Waals surface area contributed by atoms with Crippen molar-refractivity contribution in [2.45, 2.75) is 19.3 Å². The average Bonchev–Trinajstić information content (AvgIpc) is 3.00. The molecule has 3 N–H and O–H groups in total. The van der Waals surface area contributed by atoms with Crippen molar-refractivity contribution in [1.82, 2.24) is 9.97 Å². The lowest BCUT2D eigenvalue weighted by Gasteiger charge is -2.08. The standard InChI is InChI=1S/C21H19F2N3/c22-13-11-17-16(5-1-2-9-24)20(26-21(17)18(23)12-13)15-6-3-8-19-14(15)7-4-10-25-19/h3-4,6-8,10-12,26H,1-2,5,9,24H2. The summed E-state index contributed by atoms with van der Waals surface area (Å²) in [5.41, 5.74) is 9.50. The summed E-state index contributed by atoms with van der Waals surface area (Å²) in [6.45, 7) is 0.596. The third-order valence-corrected chi connectivity index (χ3v) is 4.73. The van der Waals surface area contributed by atoms with Gasteiger partial charge in [0, 0.05) is 28.6 Å². The largest absolute Gasteiger partial charge is 0.352 e. The van der Waals surface area contributed by atoms with Crippen LogP contribution in [0.3, 0.4) is 0 Å². The van der Waals surface area contributed by atoms with E-state index in [0.717, 1.165) is 46.6 Å². The summed E-state index contributed by atoms with van der Waals surface area (Å²) in [6, 6.07) is 12.0. The summed E-state index contributed by atoms with van der Waals surface area (Å²) in [6.07, 6.45) is 4.17. The Bertz CT molecular complexity index is 1080. The molecule has 2 aromatic carbocycles. The highest BCUT2D eigenvalue weighted by Gasteiger charge is 2.18. The molecule has 4 aromatic rings. The van der Waals surface area contributed by atoms with Gasteiger partial charge in [-0.1, -0.05) is 18.2 Å². The van der Waals surface area contributed by atoms with E-state index >= 15 is 0 Å². The van der Waals surface area contributed by atoms with Gasteiger partial charge in [-0.15, -0.1) is 0 Å². The van der Waals surface area contributed by atoms with Gasteiger partial charge in [-0.25, -0.2) is 8.78 Å². The van der Waals surface area contributed by atoms with E-state index in [2.05, 4.69) is 9.97 Å². The minimum absolute atomic E-state index is 0.338. The molecular weight excluding hydrogens is 332 g/mol. The van der Waals surface area contributed by atoms with Gasteiger partial charge in [0.1, 0.15) is 11.6 Å². The number of rotatable bonds is 5. The fourth-order valence-corrected chi connectivity index (χ4v) is 3.53. The molecule has 0 atom stereocenters. The number of unbranched alkanes of at least 4 members (excludes halogenated alkanes) is 1. The quantitative estimate of drug-likeness (QED) is 0.500. The van der Waals surface area contributed by atoms with Crippen molar-refractivity contribution in [3.63, 3.8) is 0 Å². The highest BCUT2D eigenvalue weighted by Crippen LogP contribution is 2.36. The van der Waals surface area contributed by atoms with Gasteiger partial charge in [0.2, 0.25) is 0 Å². The summed E-state index contributed by atoms with van der Waals surface area (Å²) in [5.74, 6) is -1.15. The number of aryl methyl sites for hydroxylation is 1. The number of aromatic nitrogens is 2. The van der Waals surface area contributed by atoms with Crippen molar-refractivity contribution in [3.8, 4) is 11.3 Å². The molecule has 0 bridgehead atoms. The Morgan fingerprint density at radius 1 is 1.00 bits per heavy atom. The topological polar surface area (TPSA) is 54.7 Å². The molecule has 5 heteroatoms. The third-order valence-electron chi connectivity index (χ3n) is 4.73. The fourth-order valence-electron chi connectivity index (χ4n) is 3.53. The van der Waals surface area contributed by atoms with E-state index in [0.29, 0.717) is 23.9 Å². The highest BCUT2D eigenvalue weighted by atomic mass is 19.1. The van der Waals surface area contributed by atoms with Gasteiger partial charge in [0.15, 0.2) is 0 Å². The predicted molar refractivity (Wildman–Crippen MR) is 101 cm³/mol. The molecule has 0 amide bonds. The van der Waals surface area contributed by atoms with Gasteiger partial charge in [-0.2, -0.15) is 0 Å². The summed E-state index contributed by atoms with van der Waals surface area (Å²) in [4.78, 5) is 7.59. The van der Waals surface area contributed by atoms with Crippen molar-refractivity contribution in [2.24, 2.45) is 5.73 Å². The Morgan fingerprint density at radius 3 is 2.73 bits per heavy atom. The number of fused-ring (bicyclic) bond motifs is 2. The number of nitrogens with two attached hydrogens (primary N) is 1. The monoisotopic (exact) mass is 351 g/mol. The first-order valence-electron chi connectivity index (χ1n) is 8.73. The van der Waals surface area contributed by atoms with Crippen LogP contribution in [-0.4, -0.2) is 16.5 Å². The molecule has 0 spiro atoms. The summed E-state index contributed by atoms with van der Waals surface area (Å²) in [5, 5.41) is 1.57. The van der Waals surface area contributed by atoms with Gasteiger partial charge >= 0.3 is 0 Å². The van der Waals surface area contributed by atoms with Gasteiger partial charge in [-0.05, 0) is 49.6 Å². The van der Waals surface area contributed by atoms with Crippen molar-refractivity contribution < 1.29 is 8.78 Å². The number of hydrogen-bond donors (Lipinski definition) is 2. The number of aromatic amines is 1. The van der Waals surface area contributed by atoms with E-state index in [1.165, 1.54) is 6.07 Å². The van der Waals surface area contributed by atoms with E-state index in [-0.39, 0.29) is 0 Å². The minimum Gasteiger partial charge on any atom is -0.352 e. The lowest BCUT2D eigenvalue weighted by molar-refractivity contribution is 0.591. The second-order valence-electron chi connectivity index (χ2n) is 6.41. The molecule has 0 aliphatic heterocycles. The molecule has 3 nitrogen and oxygen atoms in total. The molecule has 0 fully saturated rings. The Labute approximate surface area is 149 Å². The van der Waals surface area contributed by atoms with Crippen LogP contribution in [-0.2, 0) is 6.42 Å². The third kappa shape index (κ3) is 2.84. The van der Waals surface area contributed by atoms with Crippen LogP contribution >= 0.6 is 0 Å². The summed E-state index contributed by atoms with van der Waals surface area (Å²) < 4.78 is 28.2. The van der Waals surface area contributed by atoms with Crippen molar-refractivity contribution in [1.29, 1.82) is 0 Å². The fraction of sp³-hybridized carbons (Fsp3) is 0.190. The molecular formula is C21H19F2N3. The first-order valence-corrected chi connectivity index (χ1v) is 8.73. The second-order valence-corrected chi connectivity index (χ2v) is 6.41. The number of hydrogen-bond acceptors (Lipinski definition) is 2. The Hall–Kier alpha value is -2.79. The van der Waals surface area contributed by atoms with Crippen LogP contribution in [0, 0.1) is 11.6 Å². The Balaban J connectivity index is 1.98.